The Morgan fingerprint density at radius 3 is 2.35 bits per heavy atom. The lowest BCUT2D eigenvalue weighted by Crippen LogP contribution is -2.12. The van der Waals surface area contributed by atoms with Crippen LogP contribution in [-0.4, -0.2) is 16.2 Å². The summed E-state index contributed by atoms with van der Waals surface area (Å²) in [6.07, 6.45) is 8.05. The number of hydrogen-bond donors (Lipinski definition) is 1. The molecule has 0 bridgehead atoms. The summed E-state index contributed by atoms with van der Waals surface area (Å²) < 4.78 is 1.94. The molecule has 1 aliphatic rings. The lowest BCUT2D eigenvalue weighted by Gasteiger charge is -2.13. The van der Waals surface area contributed by atoms with Gasteiger partial charge < -0.3 is 0 Å². The lowest BCUT2D eigenvalue weighted by molar-refractivity contribution is 1.19. The van der Waals surface area contributed by atoms with E-state index in [1.54, 1.807) is 0 Å². The molecule has 0 saturated carbocycles. The van der Waals surface area contributed by atoms with Crippen LogP contribution >= 0.6 is 0 Å². The van der Waals surface area contributed by atoms with Gasteiger partial charge >= 0.3 is 0 Å². The van der Waals surface area contributed by atoms with Gasteiger partial charge in [0, 0.05) is 16.3 Å². The second-order valence-corrected chi connectivity index (χ2v) is 7.82. The molecule has 1 N–H and O–H groups in total. The first-order chi connectivity index (χ1) is 15.1. The number of aryl methyl sites for hydroxylation is 1. The maximum Gasteiger partial charge on any atom is 0.227 e. The van der Waals surface area contributed by atoms with Gasteiger partial charge in [0.25, 0.3) is 0 Å². The van der Waals surface area contributed by atoms with Crippen LogP contribution in [-0.2, 0) is 0 Å². The van der Waals surface area contributed by atoms with Gasteiger partial charge in [-0.25, -0.2) is 4.99 Å². The zero-order chi connectivity index (χ0) is 21.4. The third kappa shape index (κ3) is 3.34. The average molecular weight is 402 g/mol. The number of allylic oxidation sites excluding steroid dienone is 6. The molecule has 3 aromatic carbocycles. The Bertz CT molecular complexity index is 1440. The highest BCUT2D eigenvalue weighted by atomic mass is 15.1. The molecule has 0 atom stereocenters. The molecular formula is C28H23N3. The minimum absolute atomic E-state index is 0.211. The van der Waals surface area contributed by atoms with Crippen molar-refractivity contribution in [3.05, 3.63) is 114 Å². The Kier molecular flexibility index (Phi) is 4.72. The predicted molar refractivity (Wildman–Crippen MR) is 132 cm³/mol. The largest absolute Gasteiger partial charge is 0.278 e. The SMILES string of the molecule is C/C(=C1/C=CC=C/C1=N/C(=N)n1c2ccccc2c2cc(C)ccc21)c1ccccc1. The maximum atomic E-state index is 8.93. The number of rotatable bonds is 1. The Balaban J connectivity index is 1.68. The number of para-hydroxylation sites is 1. The summed E-state index contributed by atoms with van der Waals surface area (Å²) in [5, 5.41) is 11.2. The van der Waals surface area contributed by atoms with E-state index in [1.807, 2.05) is 53.1 Å². The van der Waals surface area contributed by atoms with E-state index in [9.17, 15) is 0 Å². The highest BCUT2D eigenvalue weighted by Gasteiger charge is 2.16. The highest BCUT2D eigenvalue weighted by molar-refractivity contribution is 6.21. The van der Waals surface area contributed by atoms with Gasteiger partial charge in [0.2, 0.25) is 5.96 Å². The van der Waals surface area contributed by atoms with Crippen LogP contribution in [0.4, 0.5) is 0 Å². The van der Waals surface area contributed by atoms with Gasteiger partial charge in [0.15, 0.2) is 0 Å². The van der Waals surface area contributed by atoms with Crippen LogP contribution in [0.3, 0.4) is 0 Å². The number of aliphatic imine (C=N–C) groups is 1. The molecule has 1 aromatic heterocycles. The number of nitrogens with zero attached hydrogens (tertiary/aromatic N) is 2. The molecule has 0 spiro atoms. The smallest absolute Gasteiger partial charge is 0.227 e. The van der Waals surface area contributed by atoms with Crippen molar-refractivity contribution in [3.8, 4) is 0 Å². The first-order valence-corrected chi connectivity index (χ1v) is 10.4. The number of fused-ring (bicyclic) bond motifs is 3. The molecular weight excluding hydrogens is 378 g/mol. The summed E-state index contributed by atoms with van der Waals surface area (Å²) in [7, 11) is 0. The van der Waals surface area contributed by atoms with Crippen LogP contribution in [0, 0.1) is 12.3 Å². The summed E-state index contributed by atoms with van der Waals surface area (Å²) >= 11 is 0. The summed E-state index contributed by atoms with van der Waals surface area (Å²) in [4.78, 5) is 4.80. The zero-order valence-corrected chi connectivity index (χ0v) is 17.6. The second kappa shape index (κ2) is 7.69. The van der Waals surface area contributed by atoms with Crippen molar-refractivity contribution in [3.63, 3.8) is 0 Å². The quantitative estimate of drug-likeness (QED) is 0.265. The van der Waals surface area contributed by atoms with Crippen molar-refractivity contribution in [2.24, 2.45) is 4.99 Å². The molecule has 0 radical (unpaired) electrons. The van der Waals surface area contributed by atoms with Crippen molar-refractivity contribution in [1.29, 1.82) is 5.41 Å². The van der Waals surface area contributed by atoms with Crippen molar-refractivity contribution < 1.29 is 0 Å². The topological polar surface area (TPSA) is 41.1 Å². The average Bonchev–Trinajstić information content (AvgIpc) is 3.13. The third-order valence-corrected chi connectivity index (χ3v) is 5.78. The van der Waals surface area contributed by atoms with Crippen LogP contribution < -0.4 is 0 Å². The fraction of sp³-hybridized carbons (Fsp3) is 0.0714. The van der Waals surface area contributed by atoms with Gasteiger partial charge in [0.1, 0.15) is 0 Å². The minimum atomic E-state index is 0.211. The molecule has 0 aliphatic heterocycles. The van der Waals surface area contributed by atoms with Crippen LogP contribution in [0.5, 0.6) is 0 Å². The van der Waals surface area contributed by atoms with Gasteiger partial charge in [-0.3, -0.25) is 9.98 Å². The molecule has 5 rings (SSSR count). The Morgan fingerprint density at radius 1 is 0.806 bits per heavy atom. The van der Waals surface area contributed by atoms with E-state index in [2.05, 4.69) is 62.4 Å². The molecule has 31 heavy (non-hydrogen) atoms. The molecule has 150 valence electrons. The van der Waals surface area contributed by atoms with Gasteiger partial charge in [-0.2, -0.15) is 0 Å². The van der Waals surface area contributed by atoms with Crippen LogP contribution in [0.25, 0.3) is 27.4 Å². The minimum Gasteiger partial charge on any atom is -0.278 e. The normalized spacial score (nSPS) is 16.4. The van der Waals surface area contributed by atoms with Gasteiger partial charge in [-0.1, -0.05) is 78.4 Å². The van der Waals surface area contributed by atoms with E-state index in [1.165, 1.54) is 5.56 Å². The standard InChI is InChI=1S/C28H23N3/c1-19-16-17-27-24(18-19)23-13-7-9-15-26(23)31(27)28(29)30-25-14-8-6-12-22(25)20(2)21-10-4-3-5-11-21/h3-18,29H,1-2H3/b22-20+,29-28?,30-25-. The van der Waals surface area contributed by atoms with Gasteiger partial charge in [-0.15, -0.1) is 0 Å². The fourth-order valence-electron chi connectivity index (χ4n) is 4.21. The number of aromatic nitrogens is 1. The van der Waals surface area contributed by atoms with E-state index in [-0.39, 0.29) is 5.96 Å². The monoisotopic (exact) mass is 401 g/mol. The number of benzene rings is 3. The summed E-state index contributed by atoms with van der Waals surface area (Å²) in [6, 6.07) is 24.9. The first kappa shape index (κ1) is 19.0. The maximum absolute atomic E-state index is 8.93. The van der Waals surface area contributed by atoms with Crippen molar-refractivity contribution in [1.82, 2.24) is 4.57 Å². The summed E-state index contributed by atoms with van der Waals surface area (Å²) in [5.41, 5.74) is 7.34. The van der Waals surface area contributed by atoms with E-state index in [0.29, 0.717) is 0 Å². The fourth-order valence-corrected chi connectivity index (χ4v) is 4.21. The van der Waals surface area contributed by atoms with Crippen molar-refractivity contribution in [2.45, 2.75) is 13.8 Å². The molecule has 4 aromatic rings. The summed E-state index contributed by atoms with van der Waals surface area (Å²) in [6.45, 7) is 4.20. The lowest BCUT2D eigenvalue weighted by atomic mass is 9.95. The van der Waals surface area contributed by atoms with Crippen LogP contribution in [0.2, 0.25) is 0 Å². The Morgan fingerprint density at radius 2 is 1.52 bits per heavy atom. The molecule has 0 fully saturated rings. The van der Waals surface area contributed by atoms with Gasteiger partial charge in [-0.05, 0) is 49.3 Å². The predicted octanol–water partition coefficient (Wildman–Crippen LogP) is 6.93. The van der Waals surface area contributed by atoms with Crippen molar-refractivity contribution in [2.75, 3.05) is 0 Å². The van der Waals surface area contributed by atoms with E-state index < -0.39 is 0 Å². The summed E-state index contributed by atoms with van der Waals surface area (Å²) in [5.74, 6) is 0.211. The van der Waals surface area contributed by atoms with Crippen LogP contribution in [0.1, 0.15) is 18.1 Å². The van der Waals surface area contributed by atoms with E-state index >= 15 is 0 Å². The molecule has 0 amide bonds. The van der Waals surface area contributed by atoms with E-state index in [0.717, 1.165) is 44.2 Å². The third-order valence-electron chi connectivity index (χ3n) is 5.78. The number of nitrogens with one attached hydrogen (secondary N) is 1. The van der Waals surface area contributed by atoms with Gasteiger partial charge in [0.05, 0.1) is 16.7 Å². The molecule has 1 aliphatic carbocycles. The van der Waals surface area contributed by atoms with Crippen LogP contribution in [0.15, 0.2) is 108 Å². The zero-order valence-electron chi connectivity index (χ0n) is 17.6. The second-order valence-electron chi connectivity index (χ2n) is 7.82. The Labute approximate surface area is 181 Å². The molecule has 3 nitrogen and oxygen atoms in total. The van der Waals surface area contributed by atoms with Crippen molar-refractivity contribution >= 4 is 39.1 Å². The van der Waals surface area contributed by atoms with E-state index in [4.69, 9.17) is 10.4 Å². The molecule has 0 saturated heterocycles. The molecule has 0 unspecified atom stereocenters. The molecule has 3 heteroatoms. The Hall–Kier alpha value is -3.98. The highest BCUT2D eigenvalue weighted by Crippen LogP contribution is 2.30. The number of hydrogen-bond acceptors (Lipinski definition) is 1. The first-order valence-electron chi connectivity index (χ1n) is 10.4. The molecule has 1 heterocycles.